The van der Waals surface area contributed by atoms with Crippen LogP contribution in [0.15, 0.2) is 82.2 Å². The third-order valence-electron chi connectivity index (χ3n) is 5.00. The first-order valence-corrected chi connectivity index (χ1v) is 10.1. The van der Waals surface area contributed by atoms with Crippen LogP contribution in [0.25, 0.3) is 16.8 Å². The molecular formula is C23H16F3N5O3. The Bertz CT molecular complexity index is 1490. The number of halogens is 3. The molecule has 0 fully saturated rings. The molecule has 0 N–H and O–H groups in total. The number of rotatable bonds is 6. The smallest absolute Gasteiger partial charge is 0.406 e. The van der Waals surface area contributed by atoms with E-state index in [1.807, 2.05) is 30.3 Å². The molecule has 11 heteroatoms. The van der Waals surface area contributed by atoms with Gasteiger partial charge in [0.25, 0.3) is 0 Å². The molecular weight excluding hydrogens is 451 g/mol. The highest BCUT2D eigenvalue weighted by Gasteiger charge is 2.31. The molecule has 5 rings (SSSR count). The summed E-state index contributed by atoms with van der Waals surface area (Å²) in [6.45, 7) is 0.00111. The minimum atomic E-state index is -4.76. The highest BCUT2D eigenvalue weighted by atomic mass is 19.4. The summed E-state index contributed by atoms with van der Waals surface area (Å²) in [6.07, 6.45) is -2.70. The van der Waals surface area contributed by atoms with Crippen LogP contribution >= 0.6 is 0 Å². The lowest BCUT2D eigenvalue weighted by Crippen LogP contribution is -2.21. The van der Waals surface area contributed by atoms with Gasteiger partial charge >= 0.3 is 12.1 Å². The predicted molar refractivity (Wildman–Crippen MR) is 114 cm³/mol. The minimum Gasteiger partial charge on any atom is -0.406 e. The van der Waals surface area contributed by atoms with Crippen molar-refractivity contribution in [2.45, 2.75) is 19.3 Å². The van der Waals surface area contributed by atoms with Crippen LogP contribution in [-0.4, -0.2) is 30.7 Å². The zero-order chi connectivity index (χ0) is 23.7. The molecule has 2 aromatic carbocycles. The summed E-state index contributed by atoms with van der Waals surface area (Å²) in [5.74, 6) is 0.420. The lowest BCUT2D eigenvalue weighted by Gasteiger charge is -2.09. The van der Waals surface area contributed by atoms with E-state index in [1.165, 1.54) is 33.3 Å². The SMILES string of the molecule is O=c1n(Cc2nc(Cc3ccccc3)no2)nc2ccc(-c3ccc(OC(F)(F)F)cc3)cn12. The van der Waals surface area contributed by atoms with Crippen LogP contribution in [0.2, 0.25) is 0 Å². The summed E-state index contributed by atoms with van der Waals surface area (Å²) < 4.78 is 48.8. The first-order valence-electron chi connectivity index (χ1n) is 10.1. The summed E-state index contributed by atoms with van der Waals surface area (Å²) in [4.78, 5) is 17.2. The van der Waals surface area contributed by atoms with Gasteiger partial charge in [-0.1, -0.05) is 47.6 Å². The number of benzene rings is 2. The van der Waals surface area contributed by atoms with Gasteiger partial charge in [-0.25, -0.2) is 13.9 Å². The van der Waals surface area contributed by atoms with E-state index < -0.39 is 12.1 Å². The molecule has 0 radical (unpaired) electrons. The van der Waals surface area contributed by atoms with Crippen molar-refractivity contribution in [3.8, 4) is 16.9 Å². The second-order valence-electron chi connectivity index (χ2n) is 7.43. The van der Waals surface area contributed by atoms with Gasteiger partial charge in [0, 0.05) is 12.6 Å². The second kappa shape index (κ2) is 8.50. The number of hydrogen-bond acceptors (Lipinski definition) is 6. The molecule has 0 aliphatic heterocycles. The van der Waals surface area contributed by atoms with Gasteiger partial charge < -0.3 is 9.26 Å². The molecule has 34 heavy (non-hydrogen) atoms. The fraction of sp³-hybridized carbons (Fsp3) is 0.130. The van der Waals surface area contributed by atoms with Crippen LogP contribution < -0.4 is 10.4 Å². The molecule has 3 aromatic heterocycles. The summed E-state index contributed by atoms with van der Waals surface area (Å²) in [5.41, 5.74) is 2.24. The van der Waals surface area contributed by atoms with Gasteiger partial charge in [-0.2, -0.15) is 4.98 Å². The van der Waals surface area contributed by atoms with E-state index in [0.29, 0.717) is 29.0 Å². The van der Waals surface area contributed by atoms with Gasteiger partial charge in [0.2, 0.25) is 5.89 Å². The molecule has 0 amide bonds. The Morgan fingerprint density at radius 1 is 0.941 bits per heavy atom. The molecule has 172 valence electrons. The van der Waals surface area contributed by atoms with Crippen LogP contribution in [0, 0.1) is 0 Å². The highest BCUT2D eigenvalue weighted by Crippen LogP contribution is 2.26. The van der Waals surface area contributed by atoms with E-state index in [2.05, 4.69) is 20.0 Å². The monoisotopic (exact) mass is 467 g/mol. The summed E-state index contributed by atoms with van der Waals surface area (Å²) in [6, 6.07) is 18.4. The molecule has 3 heterocycles. The molecule has 8 nitrogen and oxygen atoms in total. The first kappa shape index (κ1) is 21.4. The zero-order valence-corrected chi connectivity index (χ0v) is 17.4. The zero-order valence-electron chi connectivity index (χ0n) is 17.4. The second-order valence-corrected chi connectivity index (χ2v) is 7.43. The maximum atomic E-state index is 12.9. The number of pyridine rings is 1. The topological polar surface area (TPSA) is 87.5 Å². The standard InChI is InChI=1S/C23H16F3N5O3/c24-23(25,26)33-18-9-6-16(7-10-18)17-8-11-20-28-31(22(32)30(20)13-17)14-21-27-19(29-34-21)12-15-4-2-1-3-5-15/h1-11,13H,12,14H2. The maximum absolute atomic E-state index is 12.9. The Kier molecular flexibility index (Phi) is 5.36. The van der Waals surface area contributed by atoms with Crippen LogP contribution in [-0.2, 0) is 13.0 Å². The number of fused-ring (bicyclic) bond motifs is 1. The summed E-state index contributed by atoms with van der Waals surface area (Å²) in [7, 11) is 0. The van der Waals surface area contributed by atoms with E-state index in [-0.39, 0.29) is 18.2 Å². The Labute approximate surface area is 189 Å². The average molecular weight is 467 g/mol. The largest absolute Gasteiger partial charge is 0.573 e. The van der Waals surface area contributed by atoms with Gasteiger partial charge in [-0.3, -0.25) is 0 Å². The number of hydrogen-bond donors (Lipinski definition) is 0. The average Bonchev–Trinajstić information content (AvgIpc) is 3.38. The van der Waals surface area contributed by atoms with E-state index >= 15 is 0 Å². The van der Waals surface area contributed by atoms with E-state index in [9.17, 15) is 18.0 Å². The fourth-order valence-electron chi connectivity index (χ4n) is 3.47. The van der Waals surface area contributed by atoms with Crippen LogP contribution in [0.1, 0.15) is 17.3 Å². The van der Waals surface area contributed by atoms with Crippen molar-refractivity contribution in [1.82, 2.24) is 24.3 Å². The van der Waals surface area contributed by atoms with Gasteiger partial charge in [-0.15, -0.1) is 18.3 Å². The Hall–Kier alpha value is -4.41. The predicted octanol–water partition coefficient (Wildman–Crippen LogP) is 4.08. The normalized spacial score (nSPS) is 11.7. The van der Waals surface area contributed by atoms with Crippen molar-refractivity contribution in [1.29, 1.82) is 0 Å². The Morgan fingerprint density at radius 2 is 1.68 bits per heavy atom. The number of aromatic nitrogens is 5. The van der Waals surface area contributed by atoms with Crippen LogP contribution in [0.4, 0.5) is 13.2 Å². The van der Waals surface area contributed by atoms with Gasteiger partial charge in [0.15, 0.2) is 11.5 Å². The first-order chi connectivity index (χ1) is 16.3. The molecule has 0 unspecified atom stereocenters. The third kappa shape index (κ3) is 4.68. The van der Waals surface area contributed by atoms with Gasteiger partial charge in [0.1, 0.15) is 12.3 Å². The molecule has 0 atom stereocenters. The quantitative estimate of drug-likeness (QED) is 0.374. The fourth-order valence-corrected chi connectivity index (χ4v) is 3.47. The molecule has 0 saturated heterocycles. The molecule has 0 aliphatic rings. The summed E-state index contributed by atoms with van der Waals surface area (Å²) in [5, 5.41) is 8.24. The molecule has 0 aliphatic carbocycles. The summed E-state index contributed by atoms with van der Waals surface area (Å²) >= 11 is 0. The van der Waals surface area contributed by atoms with Crippen molar-refractivity contribution >= 4 is 5.65 Å². The van der Waals surface area contributed by atoms with Crippen molar-refractivity contribution in [3.63, 3.8) is 0 Å². The van der Waals surface area contributed by atoms with E-state index in [1.54, 1.807) is 18.3 Å². The van der Waals surface area contributed by atoms with Crippen molar-refractivity contribution in [3.05, 3.63) is 101 Å². The molecule has 5 aromatic rings. The lowest BCUT2D eigenvalue weighted by molar-refractivity contribution is -0.274. The van der Waals surface area contributed by atoms with Crippen LogP contribution in [0.3, 0.4) is 0 Å². The Morgan fingerprint density at radius 3 is 2.41 bits per heavy atom. The van der Waals surface area contributed by atoms with Gasteiger partial charge in [0.05, 0.1) is 0 Å². The minimum absolute atomic E-state index is 0.00111. The van der Waals surface area contributed by atoms with E-state index in [4.69, 9.17) is 4.52 Å². The maximum Gasteiger partial charge on any atom is 0.573 e. The number of ether oxygens (including phenoxy) is 1. The number of nitrogens with zero attached hydrogens (tertiary/aromatic N) is 5. The lowest BCUT2D eigenvalue weighted by atomic mass is 10.1. The number of alkyl halides is 3. The van der Waals surface area contributed by atoms with Crippen molar-refractivity contribution in [2.24, 2.45) is 0 Å². The van der Waals surface area contributed by atoms with Gasteiger partial charge in [-0.05, 0) is 41.0 Å². The van der Waals surface area contributed by atoms with Crippen molar-refractivity contribution in [2.75, 3.05) is 0 Å². The molecule has 0 bridgehead atoms. The van der Waals surface area contributed by atoms with E-state index in [0.717, 1.165) is 5.56 Å². The molecule has 0 spiro atoms. The van der Waals surface area contributed by atoms with Crippen molar-refractivity contribution < 1.29 is 22.4 Å². The highest BCUT2D eigenvalue weighted by molar-refractivity contribution is 5.65. The molecule has 0 saturated carbocycles. The Balaban J connectivity index is 1.36. The van der Waals surface area contributed by atoms with Crippen LogP contribution in [0.5, 0.6) is 5.75 Å². The third-order valence-corrected chi connectivity index (χ3v) is 5.00.